The molecule has 0 saturated carbocycles. The van der Waals surface area contributed by atoms with E-state index in [0.29, 0.717) is 22.5 Å². The topological polar surface area (TPSA) is 29.5 Å². The number of hydrogen-bond donors (Lipinski definition) is 0. The Labute approximate surface area is 123 Å². The molecule has 2 aliphatic rings. The number of hydrogen-bond acceptors (Lipinski definition) is 3. The Kier molecular flexibility index (Phi) is 1.97. The molecule has 0 radical (unpaired) electrons. The van der Waals surface area contributed by atoms with Crippen LogP contribution in [-0.2, 0) is 0 Å². The third-order valence-corrected chi connectivity index (χ3v) is 4.02. The van der Waals surface area contributed by atoms with Crippen molar-refractivity contribution in [2.45, 2.75) is 0 Å². The fourth-order valence-corrected chi connectivity index (χ4v) is 3.11. The van der Waals surface area contributed by atoms with Crippen molar-refractivity contribution >= 4 is 29.8 Å². The summed E-state index contributed by atoms with van der Waals surface area (Å²) in [7, 11) is 0. The van der Waals surface area contributed by atoms with E-state index in [2.05, 4.69) is 0 Å². The van der Waals surface area contributed by atoms with Crippen LogP contribution in [0.3, 0.4) is 0 Å². The summed E-state index contributed by atoms with van der Waals surface area (Å²) in [4.78, 5) is 0.949. The minimum Gasteiger partial charge on any atom is -0.442 e. The molecule has 1 aromatic heterocycles. The van der Waals surface area contributed by atoms with Gasteiger partial charge < -0.3 is 22.6 Å². The third kappa shape index (κ3) is 1.28. The van der Waals surface area contributed by atoms with E-state index in [1.807, 2.05) is 0 Å². The molecule has 0 amide bonds. The number of para-hydroxylation sites is 4. The van der Waals surface area contributed by atoms with E-state index < -0.39 is 6.97 Å². The van der Waals surface area contributed by atoms with Crippen LogP contribution in [0.2, 0.25) is 0 Å². The van der Waals surface area contributed by atoms with Crippen molar-refractivity contribution in [3.63, 3.8) is 0 Å². The van der Waals surface area contributed by atoms with Crippen molar-refractivity contribution in [1.82, 2.24) is 0 Å². The smallest absolute Gasteiger partial charge is 0.442 e. The quantitative estimate of drug-likeness (QED) is 0.597. The van der Waals surface area contributed by atoms with Crippen LogP contribution in [0, 0.1) is 0 Å². The van der Waals surface area contributed by atoms with Crippen molar-refractivity contribution in [1.29, 1.82) is 0 Å². The lowest BCUT2D eigenvalue weighted by atomic mass is 9.90. The zero-order valence-corrected chi connectivity index (χ0v) is 11.2. The van der Waals surface area contributed by atoms with Crippen molar-refractivity contribution in [3.8, 4) is 5.75 Å². The molecule has 3 aromatic rings. The summed E-state index contributed by atoms with van der Waals surface area (Å²) >= 11 is 0. The largest absolute Gasteiger partial charge is 0.742 e. The van der Waals surface area contributed by atoms with Crippen LogP contribution in [0.4, 0.5) is 14.3 Å². The minimum absolute atomic E-state index is 0.0882. The zero-order valence-electron chi connectivity index (χ0n) is 11.2. The molecule has 0 N–H and O–H groups in total. The van der Waals surface area contributed by atoms with Crippen LogP contribution in [-0.4, -0.2) is 6.97 Å². The maximum atomic E-state index is 15.2. The first-order valence-electron chi connectivity index (χ1n) is 6.90. The van der Waals surface area contributed by atoms with Gasteiger partial charge in [-0.1, -0.05) is 24.3 Å². The molecular formula is C15H9BF2N2O2. The number of anilines is 1. The highest BCUT2D eigenvalue weighted by Crippen LogP contribution is 2.44. The number of halogens is 2. The second-order valence-corrected chi connectivity index (χ2v) is 5.29. The maximum absolute atomic E-state index is 15.2. The number of fused-ring (bicyclic) bond motifs is 6. The van der Waals surface area contributed by atoms with Gasteiger partial charge in [0.2, 0.25) is 5.52 Å². The van der Waals surface area contributed by atoms with E-state index in [9.17, 15) is 0 Å². The number of rotatable bonds is 0. The van der Waals surface area contributed by atoms with Crippen molar-refractivity contribution in [3.05, 3.63) is 60.3 Å². The van der Waals surface area contributed by atoms with E-state index >= 15 is 8.63 Å². The van der Waals surface area contributed by atoms with Crippen LogP contribution in [0.1, 0.15) is 5.89 Å². The first-order valence-corrected chi connectivity index (χ1v) is 6.90. The van der Waals surface area contributed by atoms with Crippen molar-refractivity contribution < 1.29 is 22.3 Å². The molecule has 0 atom stereocenters. The Morgan fingerprint density at radius 3 is 2.68 bits per heavy atom. The third-order valence-electron chi connectivity index (χ3n) is 4.02. The lowest BCUT2D eigenvalue weighted by Crippen LogP contribution is -2.71. The molecule has 0 aliphatic carbocycles. The average molecular weight is 298 g/mol. The van der Waals surface area contributed by atoms with E-state index in [1.54, 1.807) is 48.5 Å². The van der Waals surface area contributed by atoms with Crippen LogP contribution in [0.5, 0.6) is 5.75 Å². The Bertz CT molecular complexity index is 967. The lowest BCUT2D eigenvalue weighted by molar-refractivity contribution is -0.547. The molecule has 2 aromatic carbocycles. The van der Waals surface area contributed by atoms with E-state index in [0.717, 1.165) is 9.29 Å². The summed E-state index contributed by atoms with van der Waals surface area (Å²) in [5.41, 5.74) is 1.15. The van der Waals surface area contributed by atoms with Gasteiger partial charge in [0, 0.05) is 6.07 Å². The molecule has 0 saturated heterocycles. The maximum Gasteiger partial charge on any atom is 0.742 e. The predicted octanol–water partition coefficient (Wildman–Crippen LogP) is 3.15. The molecule has 4 nitrogen and oxygen atoms in total. The van der Waals surface area contributed by atoms with Gasteiger partial charge in [0.15, 0.2) is 11.5 Å². The molecule has 108 valence electrons. The molecule has 7 heteroatoms. The second-order valence-electron chi connectivity index (χ2n) is 5.29. The van der Waals surface area contributed by atoms with Gasteiger partial charge in [-0.05, 0) is 18.2 Å². The highest BCUT2D eigenvalue weighted by atomic mass is 19.2. The van der Waals surface area contributed by atoms with Crippen LogP contribution < -0.4 is 14.0 Å². The Morgan fingerprint density at radius 2 is 1.77 bits per heavy atom. The number of aromatic nitrogens is 1. The summed E-state index contributed by atoms with van der Waals surface area (Å²) in [5.74, 6) is 0.598. The average Bonchev–Trinajstić information content (AvgIpc) is 3.05. The normalized spacial score (nSPS) is 17.5. The highest BCUT2D eigenvalue weighted by molar-refractivity contribution is 6.63. The van der Waals surface area contributed by atoms with E-state index in [1.165, 1.54) is 6.08 Å². The summed E-state index contributed by atoms with van der Waals surface area (Å²) in [6.45, 7) is -4.10. The molecule has 22 heavy (non-hydrogen) atoms. The van der Waals surface area contributed by atoms with Gasteiger partial charge in [-0.3, -0.25) is 4.48 Å². The molecule has 3 heterocycles. The molecule has 0 unspecified atom stereocenters. The van der Waals surface area contributed by atoms with E-state index in [-0.39, 0.29) is 11.8 Å². The first kappa shape index (κ1) is 11.8. The molecule has 0 fully saturated rings. The fourth-order valence-electron chi connectivity index (χ4n) is 3.11. The summed E-state index contributed by atoms with van der Waals surface area (Å²) in [6, 6.07) is 13.5. The van der Waals surface area contributed by atoms with Crippen LogP contribution in [0.15, 0.2) is 58.8 Å². The number of nitrogens with zero attached hydrogens (tertiary/aromatic N) is 2. The lowest BCUT2D eigenvalue weighted by Gasteiger charge is -2.31. The molecule has 5 rings (SSSR count). The molecular weight excluding hydrogens is 289 g/mol. The standard InChI is InChI=1S/C15H9BF2N2O2/c17-16(18)19-10-5-1-3-7-12(10)21-14(19)9-15-20(16)11-6-2-4-8-13(11)22-15/h1-9H. The minimum atomic E-state index is -4.10. The SMILES string of the molecule is F[B-]1(F)N2C(=Cc3oc4ccccc4[n+]31)Oc1ccccc12. The summed E-state index contributed by atoms with van der Waals surface area (Å²) in [6.07, 6.45) is 1.50. The Morgan fingerprint density at radius 1 is 1.00 bits per heavy atom. The van der Waals surface area contributed by atoms with Gasteiger partial charge in [0.25, 0.3) is 0 Å². The zero-order chi connectivity index (χ0) is 14.9. The van der Waals surface area contributed by atoms with Gasteiger partial charge in [0.05, 0.1) is 5.69 Å². The Balaban J connectivity index is 1.84. The van der Waals surface area contributed by atoms with Gasteiger partial charge >= 0.3 is 12.9 Å². The molecule has 2 aliphatic heterocycles. The van der Waals surface area contributed by atoms with Crippen molar-refractivity contribution in [2.75, 3.05) is 4.81 Å². The highest BCUT2D eigenvalue weighted by Gasteiger charge is 2.58. The molecule has 0 spiro atoms. The number of ether oxygens (including phenoxy) is 1. The first-order chi connectivity index (χ1) is 10.7. The monoisotopic (exact) mass is 298 g/mol. The predicted molar refractivity (Wildman–Crippen MR) is 77.3 cm³/mol. The number of oxazole rings is 1. The van der Waals surface area contributed by atoms with Gasteiger partial charge in [-0.15, -0.1) is 0 Å². The summed E-state index contributed by atoms with van der Waals surface area (Å²) < 4.78 is 42.4. The second kappa shape index (κ2) is 3.68. The van der Waals surface area contributed by atoms with E-state index in [4.69, 9.17) is 9.15 Å². The van der Waals surface area contributed by atoms with Gasteiger partial charge in [-0.25, -0.2) is 0 Å². The molecule has 0 bridgehead atoms. The van der Waals surface area contributed by atoms with Crippen LogP contribution >= 0.6 is 0 Å². The fraction of sp³-hybridized carbons (Fsp3) is 0. The van der Waals surface area contributed by atoms with Crippen LogP contribution in [0.25, 0.3) is 17.2 Å². The Hall–Kier alpha value is -2.83. The summed E-state index contributed by atoms with van der Waals surface area (Å²) in [5, 5.41) is 0. The number of benzene rings is 2. The van der Waals surface area contributed by atoms with Gasteiger partial charge in [-0.2, -0.15) is 0 Å². The van der Waals surface area contributed by atoms with Crippen molar-refractivity contribution in [2.24, 2.45) is 0 Å². The van der Waals surface area contributed by atoms with Gasteiger partial charge in [0.1, 0.15) is 11.8 Å².